The van der Waals surface area contributed by atoms with Gasteiger partial charge in [0.05, 0.1) is 12.2 Å². The first-order valence-electron chi connectivity index (χ1n) is 9.79. The van der Waals surface area contributed by atoms with E-state index in [1.54, 1.807) is 0 Å². The van der Waals surface area contributed by atoms with Gasteiger partial charge in [0.2, 0.25) is 0 Å². The lowest BCUT2D eigenvalue weighted by Gasteiger charge is -2.41. The van der Waals surface area contributed by atoms with E-state index in [0.29, 0.717) is 38.6 Å². The van der Waals surface area contributed by atoms with Gasteiger partial charge in [-0.1, -0.05) is 24.3 Å². The third kappa shape index (κ3) is 2.58. The number of benzene rings is 1. The Labute approximate surface area is 162 Å². The minimum absolute atomic E-state index is 0.249. The van der Waals surface area contributed by atoms with Crippen LogP contribution in [0.15, 0.2) is 29.3 Å². The lowest BCUT2D eigenvalue weighted by Crippen LogP contribution is -2.51. The van der Waals surface area contributed by atoms with Crippen molar-refractivity contribution in [3.05, 3.63) is 35.4 Å². The van der Waals surface area contributed by atoms with Crippen molar-refractivity contribution in [2.45, 2.75) is 43.5 Å². The molecule has 0 aromatic heterocycles. The number of carboxylic acid groups (broad SMARTS) is 1. The van der Waals surface area contributed by atoms with Gasteiger partial charge >= 0.3 is 6.09 Å². The van der Waals surface area contributed by atoms with Gasteiger partial charge in [0.25, 0.3) is 11.9 Å². The van der Waals surface area contributed by atoms with Crippen molar-refractivity contribution >= 4 is 18.0 Å². The number of piperidine rings is 2. The molecule has 2 fully saturated rings. The van der Waals surface area contributed by atoms with Crippen molar-refractivity contribution in [3.63, 3.8) is 0 Å². The van der Waals surface area contributed by atoms with Crippen LogP contribution in [-0.2, 0) is 26.5 Å². The number of carbonyl (C=O) groups excluding carboxylic acids is 1. The third-order valence-electron chi connectivity index (χ3n) is 6.57. The molecule has 0 aliphatic carbocycles. The second-order valence-corrected chi connectivity index (χ2v) is 7.99. The minimum Gasteiger partial charge on any atom is -0.465 e. The zero-order chi connectivity index (χ0) is 19.4. The van der Waals surface area contributed by atoms with E-state index in [1.165, 1.54) is 16.0 Å². The minimum atomic E-state index is -0.993. The summed E-state index contributed by atoms with van der Waals surface area (Å²) in [6, 6.07) is 8.74. The number of amides is 2. The van der Waals surface area contributed by atoms with Gasteiger partial charge in [-0.3, -0.25) is 4.79 Å². The molecule has 0 bridgehead atoms. The predicted octanol–water partition coefficient (Wildman–Crippen LogP) is 1.93. The zero-order valence-electron chi connectivity index (χ0n) is 15.6. The molecule has 2 spiro atoms. The highest BCUT2D eigenvalue weighted by Gasteiger charge is 2.51. The van der Waals surface area contributed by atoms with Gasteiger partial charge in [0.15, 0.2) is 5.60 Å². The van der Waals surface area contributed by atoms with Crippen LogP contribution in [0, 0.1) is 0 Å². The average Bonchev–Trinajstić information content (AvgIpc) is 3.22. The molecule has 148 valence electrons. The number of hydrogen-bond acceptors (Lipinski definition) is 5. The highest BCUT2D eigenvalue weighted by atomic mass is 16.5. The fourth-order valence-electron chi connectivity index (χ4n) is 4.80. The molecule has 5 rings (SSSR count). The van der Waals surface area contributed by atoms with Crippen molar-refractivity contribution < 1.29 is 24.2 Å². The van der Waals surface area contributed by atoms with E-state index in [1.807, 2.05) is 11.0 Å². The Morgan fingerprint density at radius 1 is 1.04 bits per heavy atom. The molecule has 0 atom stereocenters. The molecule has 28 heavy (non-hydrogen) atoms. The van der Waals surface area contributed by atoms with Crippen LogP contribution in [0.5, 0.6) is 0 Å². The number of fused-ring (bicyclic) bond motifs is 2. The first-order valence-corrected chi connectivity index (χ1v) is 9.79. The summed E-state index contributed by atoms with van der Waals surface area (Å²) in [6.45, 7) is 2.64. The smallest absolute Gasteiger partial charge is 0.407 e. The fourth-order valence-corrected chi connectivity index (χ4v) is 4.80. The van der Waals surface area contributed by atoms with Gasteiger partial charge in [0, 0.05) is 39.0 Å². The molecule has 0 radical (unpaired) electrons. The molecule has 2 amide bonds. The summed E-state index contributed by atoms with van der Waals surface area (Å²) in [4.78, 5) is 31.2. The van der Waals surface area contributed by atoms with Crippen molar-refractivity contribution in [1.82, 2.24) is 9.80 Å². The largest absolute Gasteiger partial charge is 0.465 e. The Balaban J connectivity index is 1.25. The third-order valence-corrected chi connectivity index (χ3v) is 6.57. The molecular weight excluding hydrogens is 362 g/mol. The SMILES string of the molecule is O=C(O)N1CCC2(CC1)OC(N1CCC3(CC1)OCc1ccccc13)=NC2=O. The molecule has 8 nitrogen and oxygen atoms in total. The van der Waals surface area contributed by atoms with Crippen LogP contribution in [0.4, 0.5) is 4.79 Å². The predicted molar refractivity (Wildman–Crippen MR) is 98.8 cm³/mol. The first-order chi connectivity index (χ1) is 13.5. The van der Waals surface area contributed by atoms with Crippen LogP contribution in [0.25, 0.3) is 0 Å². The second kappa shape index (κ2) is 6.20. The van der Waals surface area contributed by atoms with Gasteiger partial charge in [-0.15, -0.1) is 0 Å². The van der Waals surface area contributed by atoms with Crippen LogP contribution in [0.2, 0.25) is 0 Å². The van der Waals surface area contributed by atoms with Gasteiger partial charge in [0.1, 0.15) is 0 Å². The number of rotatable bonds is 0. The van der Waals surface area contributed by atoms with Crippen molar-refractivity contribution in [2.24, 2.45) is 4.99 Å². The molecule has 2 saturated heterocycles. The Morgan fingerprint density at radius 3 is 2.43 bits per heavy atom. The van der Waals surface area contributed by atoms with Crippen molar-refractivity contribution in [2.75, 3.05) is 26.2 Å². The topological polar surface area (TPSA) is 91.7 Å². The molecule has 4 aliphatic heterocycles. The number of likely N-dealkylation sites (tertiary alicyclic amines) is 2. The second-order valence-electron chi connectivity index (χ2n) is 7.99. The Bertz CT molecular complexity index is 851. The Kier molecular flexibility index (Phi) is 3.87. The maximum atomic E-state index is 12.6. The Hall–Kier alpha value is -2.61. The van der Waals surface area contributed by atoms with Crippen LogP contribution in [0.1, 0.15) is 36.8 Å². The van der Waals surface area contributed by atoms with Crippen molar-refractivity contribution in [3.8, 4) is 0 Å². The van der Waals surface area contributed by atoms with E-state index in [-0.39, 0.29) is 24.6 Å². The van der Waals surface area contributed by atoms with Gasteiger partial charge in [-0.25, -0.2) is 4.79 Å². The summed E-state index contributed by atoms with van der Waals surface area (Å²) in [6.07, 6.45) is 1.37. The van der Waals surface area contributed by atoms with Crippen molar-refractivity contribution in [1.29, 1.82) is 0 Å². The maximum absolute atomic E-state index is 12.6. The molecule has 1 aromatic rings. The molecule has 0 unspecified atom stereocenters. The highest BCUT2D eigenvalue weighted by molar-refractivity contribution is 6.01. The standard InChI is InChI=1S/C20H23N3O5/c24-16-20(7-11-23(12-8-20)18(25)26)28-17(21-16)22-9-5-19(6-10-22)15-4-2-1-3-14(15)13-27-19/h1-4H,5-13H2,(H,25,26). The number of hydrogen-bond donors (Lipinski definition) is 1. The maximum Gasteiger partial charge on any atom is 0.407 e. The van der Waals surface area contributed by atoms with Gasteiger partial charge < -0.3 is 24.4 Å². The van der Waals surface area contributed by atoms with E-state index in [9.17, 15) is 9.59 Å². The normalized spacial score (nSPS) is 25.0. The van der Waals surface area contributed by atoms with Crippen LogP contribution >= 0.6 is 0 Å². The lowest BCUT2D eigenvalue weighted by atomic mass is 9.84. The molecule has 1 N–H and O–H groups in total. The number of aliphatic imine (C=N–C) groups is 1. The van der Waals surface area contributed by atoms with E-state index >= 15 is 0 Å². The van der Waals surface area contributed by atoms with E-state index < -0.39 is 11.7 Å². The average molecular weight is 385 g/mol. The van der Waals surface area contributed by atoms with Crippen LogP contribution < -0.4 is 0 Å². The summed E-state index contributed by atoms with van der Waals surface area (Å²) < 4.78 is 12.2. The quantitative estimate of drug-likeness (QED) is 0.734. The summed E-state index contributed by atoms with van der Waals surface area (Å²) in [5.74, 6) is -0.282. The Morgan fingerprint density at radius 2 is 1.71 bits per heavy atom. The molecule has 4 heterocycles. The number of carbonyl (C=O) groups is 2. The van der Waals surface area contributed by atoms with E-state index in [2.05, 4.69) is 23.2 Å². The molecule has 4 aliphatic rings. The summed E-state index contributed by atoms with van der Waals surface area (Å²) in [5, 5.41) is 9.11. The molecular formula is C20H23N3O5. The fraction of sp³-hybridized carbons (Fsp3) is 0.550. The van der Waals surface area contributed by atoms with E-state index in [0.717, 1.165) is 12.8 Å². The monoisotopic (exact) mass is 385 g/mol. The summed E-state index contributed by atoms with van der Waals surface area (Å²) in [5.41, 5.74) is 1.29. The summed E-state index contributed by atoms with van der Waals surface area (Å²) >= 11 is 0. The first kappa shape index (κ1) is 17.5. The van der Waals surface area contributed by atoms with Crippen LogP contribution in [-0.4, -0.2) is 64.7 Å². The highest BCUT2D eigenvalue weighted by Crippen LogP contribution is 2.44. The molecule has 0 saturated carbocycles. The number of nitrogens with zero attached hydrogens (tertiary/aromatic N) is 3. The van der Waals surface area contributed by atoms with Crippen LogP contribution in [0.3, 0.4) is 0 Å². The zero-order valence-corrected chi connectivity index (χ0v) is 15.6. The van der Waals surface area contributed by atoms with E-state index in [4.69, 9.17) is 14.6 Å². The van der Waals surface area contributed by atoms with Gasteiger partial charge in [-0.2, -0.15) is 4.99 Å². The molecule has 1 aromatic carbocycles. The lowest BCUT2D eigenvalue weighted by molar-refractivity contribution is -0.135. The summed E-state index contributed by atoms with van der Waals surface area (Å²) in [7, 11) is 0. The molecule has 8 heteroatoms. The number of amidine groups is 1. The number of ether oxygens (including phenoxy) is 2. The van der Waals surface area contributed by atoms with Gasteiger partial charge in [-0.05, 0) is 24.0 Å².